The van der Waals surface area contributed by atoms with Gasteiger partial charge in [0.05, 0.1) is 0 Å². The number of ether oxygens (including phenoxy) is 1. The first-order chi connectivity index (χ1) is 17.0. The summed E-state index contributed by atoms with van der Waals surface area (Å²) in [6, 6.07) is 16.4. The number of carbonyl (C=O) groups is 3. The highest BCUT2D eigenvalue weighted by molar-refractivity contribution is 5.80. The van der Waals surface area contributed by atoms with Crippen LogP contribution >= 0.6 is 0 Å². The molecule has 2 aromatic rings. The molecule has 184 valence electrons. The van der Waals surface area contributed by atoms with Gasteiger partial charge in [-0.2, -0.15) is 0 Å². The first-order valence-electron chi connectivity index (χ1n) is 12.6. The highest BCUT2D eigenvalue weighted by Crippen LogP contribution is 2.44. The number of rotatable bonds is 6. The lowest BCUT2D eigenvalue weighted by Crippen LogP contribution is -2.43. The number of carboxylic acids is 1. The van der Waals surface area contributed by atoms with E-state index in [2.05, 4.69) is 29.6 Å². The van der Waals surface area contributed by atoms with Crippen molar-refractivity contribution in [3.05, 3.63) is 59.7 Å². The summed E-state index contributed by atoms with van der Waals surface area (Å²) in [6.07, 6.45) is 3.53. The molecule has 0 aromatic heterocycles. The first kappa shape index (κ1) is 23.4. The number of nitrogens with zero attached hydrogens (tertiary/aromatic N) is 1. The van der Waals surface area contributed by atoms with Crippen molar-refractivity contribution in [1.82, 2.24) is 10.2 Å². The van der Waals surface area contributed by atoms with E-state index in [-0.39, 0.29) is 42.7 Å². The van der Waals surface area contributed by atoms with Gasteiger partial charge in [0.25, 0.3) is 0 Å². The number of alkyl carbamates (subject to hydrolysis) is 1. The Morgan fingerprint density at radius 1 is 0.971 bits per heavy atom. The number of carboxylic acid groups (broad SMARTS) is 1. The second kappa shape index (κ2) is 10.1. The Bertz CT molecular complexity index is 1070. The van der Waals surface area contributed by atoms with Gasteiger partial charge in [-0.25, -0.2) is 4.79 Å². The molecule has 2 aromatic carbocycles. The van der Waals surface area contributed by atoms with Crippen LogP contribution in [0.15, 0.2) is 48.5 Å². The Hall–Kier alpha value is -3.35. The summed E-state index contributed by atoms with van der Waals surface area (Å²) in [4.78, 5) is 38.5. The van der Waals surface area contributed by atoms with Crippen LogP contribution < -0.4 is 5.32 Å². The number of likely N-dealkylation sites (tertiary alicyclic amines) is 1. The monoisotopic (exact) mass is 476 g/mol. The minimum atomic E-state index is -0.811. The van der Waals surface area contributed by atoms with E-state index < -0.39 is 12.1 Å². The second-order valence-electron chi connectivity index (χ2n) is 10.1. The van der Waals surface area contributed by atoms with E-state index in [0.29, 0.717) is 19.5 Å². The average Bonchev–Trinajstić information content (AvgIpc) is 3.44. The molecule has 35 heavy (non-hydrogen) atoms. The van der Waals surface area contributed by atoms with E-state index in [9.17, 15) is 14.4 Å². The summed E-state index contributed by atoms with van der Waals surface area (Å²) in [7, 11) is 0. The van der Waals surface area contributed by atoms with Crippen LogP contribution in [0.1, 0.15) is 55.6 Å². The van der Waals surface area contributed by atoms with Crippen LogP contribution in [0.4, 0.5) is 4.79 Å². The molecule has 0 radical (unpaired) electrons. The highest BCUT2D eigenvalue weighted by atomic mass is 16.5. The predicted octanol–water partition coefficient (Wildman–Crippen LogP) is 4.41. The molecule has 1 aliphatic heterocycles. The Morgan fingerprint density at radius 2 is 1.66 bits per heavy atom. The van der Waals surface area contributed by atoms with Crippen molar-refractivity contribution in [1.29, 1.82) is 0 Å². The summed E-state index contributed by atoms with van der Waals surface area (Å²) in [5.74, 6) is -0.796. The third-order valence-corrected chi connectivity index (χ3v) is 7.75. The van der Waals surface area contributed by atoms with Crippen molar-refractivity contribution in [3.8, 4) is 11.1 Å². The van der Waals surface area contributed by atoms with E-state index in [1.165, 1.54) is 22.3 Å². The molecule has 0 spiro atoms. The quantitative estimate of drug-likeness (QED) is 0.644. The van der Waals surface area contributed by atoms with Gasteiger partial charge in [-0.15, -0.1) is 0 Å². The number of carbonyl (C=O) groups excluding carboxylic acids is 2. The maximum absolute atomic E-state index is 13.0. The Morgan fingerprint density at radius 3 is 2.34 bits per heavy atom. The molecule has 2 N–H and O–H groups in total. The van der Waals surface area contributed by atoms with Crippen molar-refractivity contribution in [2.24, 2.45) is 11.8 Å². The standard InChI is InChI=1S/C28H32N2O5/c31-26(32)14-18-12-13-30(16-18)27(33)19-6-5-7-20(15-19)29-28(34)35-17-25-23-10-3-1-8-21(23)22-9-2-4-11-24(22)25/h1-4,8-11,18-20,25H,5-7,12-17H2,(H,29,34)(H,31,32)/t18?,19-,20+/m1/s1. The number of benzene rings is 2. The molecule has 1 saturated heterocycles. The molecular formula is C28H32N2O5. The Labute approximate surface area is 205 Å². The summed E-state index contributed by atoms with van der Waals surface area (Å²) >= 11 is 0. The van der Waals surface area contributed by atoms with E-state index in [4.69, 9.17) is 9.84 Å². The Balaban J connectivity index is 1.14. The number of aliphatic carboxylic acids is 1. The molecule has 5 rings (SSSR count). The van der Waals surface area contributed by atoms with Crippen LogP contribution in [-0.4, -0.2) is 53.7 Å². The molecule has 2 aliphatic carbocycles. The van der Waals surface area contributed by atoms with Crippen LogP contribution in [0.25, 0.3) is 11.1 Å². The molecule has 1 unspecified atom stereocenters. The first-order valence-corrected chi connectivity index (χ1v) is 12.6. The second-order valence-corrected chi connectivity index (χ2v) is 10.1. The zero-order valence-electron chi connectivity index (χ0n) is 19.8. The van der Waals surface area contributed by atoms with Crippen molar-refractivity contribution in [3.63, 3.8) is 0 Å². The summed E-state index contributed by atoms with van der Waals surface area (Å²) in [5, 5.41) is 12.0. The summed E-state index contributed by atoms with van der Waals surface area (Å²) in [5.41, 5.74) is 4.74. The van der Waals surface area contributed by atoms with E-state index in [1.807, 2.05) is 29.2 Å². The lowest BCUT2D eigenvalue weighted by atomic mass is 9.85. The molecule has 1 saturated carbocycles. The lowest BCUT2D eigenvalue weighted by Gasteiger charge is -2.31. The maximum Gasteiger partial charge on any atom is 0.407 e. The largest absolute Gasteiger partial charge is 0.481 e. The molecule has 2 amide bonds. The Kier molecular flexibility index (Phi) is 6.75. The van der Waals surface area contributed by atoms with Gasteiger partial charge in [-0.05, 0) is 53.9 Å². The zero-order valence-corrected chi connectivity index (χ0v) is 19.8. The fraction of sp³-hybridized carbons (Fsp3) is 0.464. The minimum absolute atomic E-state index is 0.0164. The lowest BCUT2D eigenvalue weighted by molar-refractivity contribution is -0.139. The van der Waals surface area contributed by atoms with Crippen molar-refractivity contribution >= 4 is 18.0 Å². The number of nitrogens with one attached hydrogen (secondary N) is 1. The van der Waals surface area contributed by atoms with Gasteiger partial charge in [-0.1, -0.05) is 55.0 Å². The molecule has 3 atom stereocenters. The van der Waals surface area contributed by atoms with Crippen LogP contribution in [0.3, 0.4) is 0 Å². The summed E-state index contributed by atoms with van der Waals surface area (Å²) < 4.78 is 5.69. The number of hydrogen-bond donors (Lipinski definition) is 2. The van der Waals surface area contributed by atoms with Crippen molar-refractivity contribution in [2.75, 3.05) is 19.7 Å². The fourth-order valence-electron chi connectivity index (χ4n) is 6.06. The van der Waals surface area contributed by atoms with Gasteiger partial charge in [0.15, 0.2) is 0 Å². The van der Waals surface area contributed by atoms with E-state index >= 15 is 0 Å². The number of amides is 2. The van der Waals surface area contributed by atoms with Crippen LogP contribution in [0.5, 0.6) is 0 Å². The van der Waals surface area contributed by atoms with Gasteiger partial charge in [0.2, 0.25) is 5.91 Å². The molecule has 7 nitrogen and oxygen atoms in total. The van der Waals surface area contributed by atoms with E-state index in [0.717, 1.165) is 25.7 Å². The van der Waals surface area contributed by atoms with Crippen LogP contribution in [0, 0.1) is 11.8 Å². The summed E-state index contributed by atoms with van der Waals surface area (Å²) in [6.45, 7) is 1.41. The van der Waals surface area contributed by atoms with Crippen LogP contribution in [-0.2, 0) is 14.3 Å². The minimum Gasteiger partial charge on any atom is -0.481 e. The fourth-order valence-corrected chi connectivity index (χ4v) is 6.06. The maximum atomic E-state index is 13.0. The third kappa shape index (κ3) is 5.04. The predicted molar refractivity (Wildman–Crippen MR) is 131 cm³/mol. The molecule has 2 fully saturated rings. The van der Waals surface area contributed by atoms with Gasteiger partial charge >= 0.3 is 12.1 Å². The average molecular weight is 477 g/mol. The highest BCUT2D eigenvalue weighted by Gasteiger charge is 2.35. The van der Waals surface area contributed by atoms with Crippen molar-refractivity contribution < 1.29 is 24.2 Å². The van der Waals surface area contributed by atoms with Gasteiger partial charge < -0.3 is 20.1 Å². The van der Waals surface area contributed by atoms with E-state index in [1.54, 1.807) is 0 Å². The third-order valence-electron chi connectivity index (χ3n) is 7.75. The van der Waals surface area contributed by atoms with Crippen molar-refractivity contribution in [2.45, 2.75) is 50.5 Å². The van der Waals surface area contributed by atoms with Gasteiger partial charge in [0, 0.05) is 37.4 Å². The molecule has 3 aliphatic rings. The van der Waals surface area contributed by atoms with Crippen LogP contribution in [0.2, 0.25) is 0 Å². The number of fused-ring (bicyclic) bond motifs is 3. The molecule has 7 heteroatoms. The van der Waals surface area contributed by atoms with Gasteiger partial charge in [-0.3, -0.25) is 9.59 Å². The normalized spacial score (nSPS) is 23.4. The smallest absolute Gasteiger partial charge is 0.407 e. The molecule has 1 heterocycles. The number of hydrogen-bond acceptors (Lipinski definition) is 4. The van der Waals surface area contributed by atoms with Gasteiger partial charge in [0.1, 0.15) is 6.61 Å². The zero-order chi connectivity index (χ0) is 24.4. The SMILES string of the molecule is O=C(O)CC1CCN(C(=O)[C@@H]2CCC[C@H](NC(=O)OCC3c4ccccc4-c4ccccc43)C2)C1. The molecular weight excluding hydrogens is 444 g/mol. The molecule has 0 bridgehead atoms. The topological polar surface area (TPSA) is 95.9 Å².